The first-order valence-corrected chi connectivity index (χ1v) is 5.99. The fraction of sp³-hybridized carbons (Fsp3) is 0.467. The highest BCUT2D eigenvalue weighted by Gasteiger charge is 2.25. The van der Waals surface area contributed by atoms with Crippen LogP contribution >= 0.6 is 0 Å². The molecular formula is C15H22O2. The molecule has 0 aliphatic heterocycles. The predicted octanol–water partition coefficient (Wildman–Crippen LogP) is 3.65. The van der Waals surface area contributed by atoms with E-state index in [1.165, 1.54) is 5.57 Å². The van der Waals surface area contributed by atoms with E-state index in [0.29, 0.717) is 12.0 Å². The number of aryl methyl sites for hydroxylation is 1. The zero-order chi connectivity index (χ0) is 13.1. The lowest BCUT2D eigenvalue weighted by atomic mass is 9.89. The second-order valence-corrected chi connectivity index (χ2v) is 5.11. The fourth-order valence-corrected chi connectivity index (χ4v) is 1.87. The van der Waals surface area contributed by atoms with Gasteiger partial charge in [-0.1, -0.05) is 23.8 Å². The molecule has 1 aromatic rings. The van der Waals surface area contributed by atoms with Crippen LogP contribution in [0.2, 0.25) is 0 Å². The molecular weight excluding hydrogens is 212 g/mol. The van der Waals surface area contributed by atoms with Gasteiger partial charge in [-0.25, -0.2) is 0 Å². The molecule has 0 radical (unpaired) electrons. The highest BCUT2D eigenvalue weighted by molar-refractivity contribution is 5.39. The highest BCUT2D eigenvalue weighted by atomic mass is 16.3. The Morgan fingerprint density at radius 1 is 1.35 bits per heavy atom. The summed E-state index contributed by atoms with van der Waals surface area (Å²) in [4.78, 5) is 0. The van der Waals surface area contributed by atoms with Crippen molar-refractivity contribution in [2.24, 2.45) is 0 Å². The predicted molar refractivity (Wildman–Crippen MR) is 71.1 cm³/mol. The molecule has 0 spiro atoms. The van der Waals surface area contributed by atoms with Gasteiger partial charge >= 0.3 is 0 Å². The van der Waals surface area contributed by atoms with Gasteiger partial charge in [-0.05, 0) is 52.2 Å². The average Bonchev–Trinajstić information content (AvgIpc) is 2.15. The number of rotatable bonds is 4. The quantitative estimate of drug-likeness (QED) is 0.781. The Morgan fingerprint density at radius 2 is 2.00 bits per heavy atom. The fourth-order valence-electron chi connectivity index (χ4n) is 1.87. The third-order valence-corrected chi connectivity index (χ3v) is 2.92. The first-order valence-electron chi connectivity index (χ1n) is 5.99. The monoisotopic (exact) mass is 234 g/mol. The van der Waals surface area contributed by atoms with Gasteiger partial charge in [0.25, 0.3) is 0 Å². The second-order valence-electron chi connectivity index (χ2n) is 5.11. The number of phenolic OH excluding ortho intramolecular Hbond substituents is 1. The third-order valence-electron chi connectivity index (χ3n) is 2.92. The number of hydrogen-bond acceptors (Lipinski definition) is 2. The van der Waals surface area contributed by atoms with Crippen LogP contribution in [0, 0.1) is 6.92 Å². The molecule has 1 atom stereocenters. The topological polar surface area (TPSA) is 40.5 Å². The molecule has 2 nitrogen and oxygen atoms in total. The van der Waals surface area contributed by atoms with Crippen molar-refractivity contribution < 1.29 is 10.2 Å². The number of hydrogen-bond donors (Lipinski definition) is 2. The minimum absolute atomic E-state index is 0.173. The van der Waals surface area contributed by atoms with Crippen LogP contribution in [0.3, 0.4) is 0 Å². The smallest absolute Gasteiger partial charge is 0.121 e. The average molecular weight is 234 g/mol. The van der Waals surface area contributed by atoms with Crippen LogP contribution in [0.25, 0.3) is 0 Å². The molecule has 2 N–H and O–H groups in total. The SMILES string of the molecule is CC(C)=CCCC(C)(O)c1ccc(C)cc1O. The summed E-state index contributed by atoms with van der Waals surface area (Å²) in [7, 11) is 0. The van der Waals surface area contributed by atoms with E-state index in [2.05, 4.69) is 6.08 Å². The van der Waals surface area contributed by atoms with Crippen LogP contribution in [0.5, 0.6) is 5.75 Å². The van der Waals surface area contributed by atoms with Gasteiger partial charge in [0.2, 0.25) is 0 Å². The van der Waals surface area contributed by atoms with Crippen molar-refractivity contribution in [1.29, 1.82) is 0 Å². The molecule has 2 heteroatoms. The molecule has 0 fully saturated rings. The van der Waals surface area contributed by atoms with Crippen LogP contribution in [0.1, 0.15) is 44.7 Å². The number of allylic oxidation sites excluding steroid dienone is 2. The molecule has 0 aliphatic rings. The van der Waals surface area contributed by atoms with E-state index in [1.807, 2.05) is 26.8 Å². The lowest BCUT2D eigenvalue weighted by Crippen LogP contribution is -2.20. The Labute approximate surface area is 104 Å². The largest absolute Gasteiger partial charge is 0.508 e. The van der Waals surface area contributed by atoms with E-state index in [1.54, 1.807) is 19.1 Å². The molecule has 0 saturated carbocycles. The van der Waals surface area contributed by atoms with E-state index >= 15 is 0 Å². The molecule has 1 unspecified atom stereocenters. The van der Waals surface area contributed by atoms with E-state index in [9.17, 15) is 10.2 Å². The van der Waals surface area contributed by atoms with E-state index in [-0.39, 0.29) is 5.75 Å². The summed E-state index contributed by atoms with van der Waals surface area (Å²) >= 11 is 0. The third kappa shape index (κ3) is 3.90. The standard InChI is InChI=1S/C15H22O2/c1-11(2)6-5-9-15(4,17)13-8-7-12(3)10-14(13)16/h6-8,10,16-17H,5,9H2,1-4H3. The molecule has 0 heterocycles. The van der Waals surface area contributed by atoms with Crippen LogP contribution in [0.15, 0.2) is 29.8 Å². The normalized spacial score (nSPS) is 14.2. The zero-order valence-electron chi connectivity index (χ0n) is 11.1. The molecule has 1 rings (SSSR count). The van der Waals surface area contributed by atoms with Gasteiger partial charge in [0.15, 0.2) is 0 Å². The number of aliphatic hydroxyl groups is 1. The van der Waals surface area contributed by atoms with Crippen LogP contribution in [-0.2, 0) is 5.60 Å². The van der Waals surface area contributed by atoms with Gasteiger partial charge < -0.3 is 10.2 Å². The zero-order valence-corrected chi connectivity index (χ0v) is 11.1. The molecule has 0 saturated heterocycles. The molecule has 1 aromatic carbocycles. The molecule has 17 heavy (non-hydrogen) atoms. The van der Waals surface area contributed by atoms with E-state index < -0.39 is 5.60 Å². The van der Waals surface area contributed by atoms with Crippen molar-refractivity contribution in [2.75, 3.05) is 0 Å². The first kappa shape index (κ1) is 13.8. The molecule has 94 valence electrons. The van der Waals surface area contributed by atoms with Crippen molar-refractivity contribution >= 4 is 0 Å². The maximum Gasteiger partial charge on any atom is 0.121 e. The Kier molecular flexibility index (Phi) is 4.35. The summed E-state index contributed by atoms with van der Waals surface area (Å²) < 4.78 is 0. The van der Waals surface area contributed by atoms with Crippen molar-refractivity contribution in [3.8, 4) is 5.75 Å². The number of aromatic hydroxyl groups is 1. The molecule has 0 bridgehead atoms. The summed E-state index contributed by atoms with van der Waals surface area (Å²) in [6, 6.07) is 5.39. The summed E-state index contributed by atoms with van der Waals surface area (Å²) in [6.45, 7) is 7.74. The maximum atomic E-state index is 10.4. The maximum absolute atomic E-state index is 10.4. The van der Waals surface area contributed by atoms with E-state index in [0.717, 1.165) is 12.0 Å². The number of benzene rings is 1. The summed E-state index contributed by atoms with van der Waals surface area (Å²) in [6.07, 6.45) is 3.51. The van der Waals surface area contributed by atoms with Gasteiger partial charge in [0.05, 0.1) is 5.60 Å². The van der Waals surface area contributed by atoms with Gasteiger partial charge in [0, 0.05) is 5.56 Å². The Balaban J connectivity index is 2.85. The summed E-state index contributed by atoms with van der Waals surface area (Å²) in [5.41, 5.74) is 1.86. The summed E-state index contributed by atoms with van der Waals surface area (Å²) in [5.74, 6) is 0.173. The highest BCUT2D eigenvalue weighted by Crippen LogP contribution is 2.33. The van der Waals surface area contributed by atoms with Crippen molar-refractivity contribution in [3.05, 3.63) is 41.0 Å². The van der Waals surface area contributed by atoms with Crippen LogP contribution < -0.4 is 0 Å². The van der Waals surface area contributed by atoms with Gasteiger partial charge in [-0.3, -0.25) is 0 Å². The van der Waals surface area contributed by atoms with Gasteiger partial charge in [-0.15, -0.1) is 0 Å². The lowest BCUT2D eigenvalue weighted by molar-refractivity contribution is 0.0463. The molecule has 0 aliphatic carbocycles. The Hall–Kier alpha value is -1.28. The first-order chi connectivity index (χ1) is 7.83. The number of phenols is 1. The van der Waals surface area contributed by atoms with Crippen LogP contribution in [0.4, 0.5) is 0 Å². The molecule has 0 aromatic heterocycles. The Bertz CT molecular complexity index is 413. The van der Waals surface area contributed by atoms with Gasteiger partial charge in [-0.2, -0.15) is 0 Å². The minimum Gasteiger partial charge on any atom is -0.508 e. The summed E-state index contributed by atoms with van der Waals surface area (Å²) in [5, 5.41) is 20.2. The second kappa shape index (κ2) is 5.37. The van der Waals surface area contributed by atoms with Crippen molar-refractivity contribution in [1.82, 2.24) is 0 Å². The van der Waals surface area contributed by atoms with Gasteiger partial charge in [0.1, 0.15) is 5.75 Å². The van der Waals surface area contributed by atoms with Crippen molar-refractivity contribution in [3.63, 3.8) is 0 Å². The van der Waals surface area contributed by atoms with Crippen LogP contribution in [-0.4, -0.2) is 10.2 Å². The van der Waals surface area contributed by atoms with E-state index in [4.69, 9.17) is 0 Å². The lowest BCUT2D eigenvalue weighted by Gasteiger charge is -2.24. The Morgan fingerprint density at radius 3 is 2.53 bits per heavy atom. The molecule has 0 amide bonds. The van der Waals surface area contributed by atoms with Crippen molar-refractivity contribution in [2.45, 2.75) is 46.1 Å². The minimum atomic E-state index is -0.982.